The zero-order valence-electron chi connectivity index (χ0n) is 11.5. The van der Waals surface area contributed by atoms with E-state index in [4.69, 9.17) is 4.74 Å². The lowest BCUT2D eigenvalue weighted by atomic mass is 9.87. The van der Waals surface area contributed by atoms with E-state index in [0.717, 1.165) is 12.8 Å². The summed E-state index contributed by atoms with van der Waals surface area (Å²) in [4.78, 5) is 0.794. The van der Waals surface area contributed by atoms with Crippen LogP contribution in [-0.4, -0.2) is 14.5 Å². The van der Waals surface area contributed by atoms with Gasteiger partial charge in [-0.25, -0.2) is 8.42 Å². The quantitative estimate of drug-likeness (QED) is 0.784. The molecule has 2 atom stereocenters. The molecule has 0 aromatic heterocycles. The predicted molar refractivity (Wildman–Crippen MR) is 77.7 cm³/mol. The van der Waals surface area contributed by atoms with Crippen molar-refractivity contribution < 1.29 is 13.2 Å². The molecule has 106 valence electrons. The Morgan fingerprint density at radius 2 is 1.95 bits per heavy atom. The van der Waals surface area contributed by atoms with Gasteiger partial charge in [-0.1, -0.05) is 24.3 Å². The first kappa shape index (κ1) is 13.4. The zero-order valence-corrected chi connectivity index (χ0v) is 12.3. The van der Waals surface area contributed by atoms with Gasteiger partial charge in [-0.3, -0.25) is 0 Å². The summed E-state index contributed by atoms with van der Waals surface area (Å²) in [5.41, 5.74) is 0. The lowest BCUT2D eigenvalue weighted by Crippen LogP contribution is -2.30. The van der Waals surface area contributed by atoms with E-state index in [-0.39, 0.29) is 12.0 Å². The summed E-state index contributed by atoms with van der Waals surface area (Å²) in [6.07, 6.45) is 6.79. The van der Waals surface area contributed by atoms with Gasteiger partial charge in [0, 0.05) is 5.92 Å². The molecule has 0 spiro atoms. The standard InChI is InChI=1S/C16H18O3S/c1-12-16(11-13-7-5-6-10-15(13)19-12)20(17,18)14-8-3-2-4-9-14/h2-4,6,8-10,13,15H,5,7,11H2,1H3. The summed E-state index contributed by atoms with van der Waals surface area (Å²) in [7, 11) is -3.43. The molecule has 2 unspecified atom stereocenters. The van der Waals surface area contributed by atoms with Crippen molar-refractivity contribution in [2.24, 2.45) is 5.92 Å². The number of hydrogen-bond acceptors (Lipinski definition) is 3. The third-order valence-electron chi connectivity index (χ3n) is 4.03. The van der Waals surface area contributed by atoms with Crippen LogP contribution in [0.3, 0.4) is 0 Å². The first-order chi connectivity index (χ1) is 9.59. The maximum atomic E-state index is 12.7. The van der Waals surface area contributed by atoms with E-state index in [9.17, 15) is 8.42 Å². The Morgan fingerprint density at radius 3 is 2.70 bits per heavy atom. The summed E-state index contributed by atoms with van der Waals surface area (Å²) in [6.45, 7) is 1.76. The first-order valence-corrected chi connectivity index (χ1v) is 8.40. The molecule has 20 heavy (non-hydrogen) atoms. The van der Waals surface area contributed by atoms with Gasteiger partial charge in [0.15, 0.2) is 0 Å². The molecule has 3 nitrogen and oxygen atoms in total. The smallest absolute Gasteiger partial charge is 0.206 e. The van der Waals surface area contributed by atoms with E-state index in [2.05, 4.69) is 12.2 Å². The Morgan fingerprint density at radius 1 is 1.20 bits per heavy atom. The molecule has 1 heterocycles. The second kappa shape index (κ2) is 5.09. The van der Waals surface area contributed by atoms with Crippen molar-refractivity contribution >= 4 is 9.84 Å². The molecule has 1 aliphatic carbocycles. The van der Waals surface area contributed by atoms with Gasteiger partial charge in [0.05, 0.1) is 9.80 Å². The molecule has 0 saturated carbocycles. The fourth-order valence-electron chi connectivity index (χ4n) is 2.91. The maximum absolute atomic E-state index is 12.7. The SMILES string of the molecule is CC1=C(S(=O)(=O)c2ccccc2)CC2CCC=CC2O1. The molecule has 2 aliphatic rings. The molecule has 1 aromatic carbocycles. The Kier molecular flexibility index (Phi) is 3.42. The number of fused-ring (bicyclic) bond motifs is 1. The third kappa shape index (κ3) is 2.29. The van der Waals surface area contributed by atoms with E-state index in [1.165, 1.54) is 0 Å². The summed E-state index contributed by atoms with van der Waals surface area (Å²) in [6, 6.07) is 8.60. The molecule has 0 saturated heterocycles. The molecular weight excluding hydrogens is 272 g/mol. The topological polar surface area (TPSA) is 43.4 Å². The molecule has 4 heteroatoms. The predicted octanol–water partition coefficient (Wildman–Crippen LogP) is 3.45. The normalized spacial score (nSPS) is 26.1. The van der Waals surface area contributed by atoms with Crippen LogP contribution < -0.4 is 0 Å². The number of rotatable bonds is 2. The monoisotopic (exact) mass is 290 g/mol. The molecule has 0 fully saturated rings. The van der Waals surface area contributed by atoms with Crippen molar-refractivity contribution in [2.75, 3.05) is 0 Å². The zero-order chi connectivity index (χ0) is 14.2. The summed E-state index contributed by atoms with van der Waals surface area (Å²) >= 11 is 0. The highest BCUT2D eigenvalue weighted by Gasteiger charge is 2.35. The summed E-state index contributed by atoms with van der Waals surface area (Å²) in [5, 5.41) is 0. The molecule has 0 radical (unpaired) electrons. The van der Waals surface area contributed by atoms with Gasteiger partial charge in [0.2, 0.25) is 9.84 Å². The summed E-state index contributed by atoms with van der Waals surface area (Å²) in [5.74, 6) is 0.818. The average Bonchev–Trinajstić information content (AvgIpc) is 2.47. The van der Waals surface area contributed by atoms with Crippen molar-refractivity contribution in [1.29, 1.82) is 0 Å². The summed E-state index contributed by atoms with van der Waals surface area (Å²) < 4.78 is 31.3. The van der Waals surface area contributed by atoms with Crippen LogP contribution in [-0.2, 0) is 14.6 Å². The number of allylic oxidation sites excluding steroid dienone is 3. The fourth-order valence-corrected chi connectivity index (χ4v) is 4.57. The number of hydrogen-bond donors (Lipinski definition) is 0. The van der Waals surface area contributed by atoms with Crippen LogP contribution in [0.1, 0.15) is 26.2 Å². The van der Waals surface area contributed by atoms with Crippen molar-refractivity contribution in [3.05, 3.63) is 53.1 Å². The van der Waals surface area contributed by atoms with E-state index in [1.54, 1.807) is 31.2 Å². The highest BCUT2D eigenvalue weighted by Crippen LogP contribution is 2.38. The highest BCUT2D eigenvalue weighted by atomic mass is 32.2. The van der Waals surface area contributed by atoms with Crippen LogP contribution in [0, 0.1) is 5.92 Å². The van der Waals surface area contributed by atoms with Gasteiger partial charge in [0.1, 0.15) is 11.9 Å². The Bertz CT molecular complexity index is 656. The number of ether oxygens (including phenoxy) is 1. The average molecular weight is 290 g/mol. The maximum Gasteiger partial charge on any atom is 0.206 e. The first-order valence-electron chi connectivity index (χ1n) is 6.92. The minimum atomic E-state index is -3.43. The van der Waals surface area contributed by atoms with Gasteiger partial charge in [-0.15, -0.1) is 0 Å². The van der Waals surface area contributed by atoms with Crippen LogP contribution in [0.5, 0.6) is 0 Å². The second-order valence-corrected chi connectivity index (χ2v) is 7.32. The lowest BCUT2D eigenvalue weighted by Gasteiger charge is -2.34. The minimum absolute atomic E-state index is 0.0403. The van der Waals surface area contributed by atoms with Crippen molar-refractivity contribution in [2.45, 2.75) is 37.2 Å². The molecule has 3 rings (SSSR count). The molecule has 1 aromatic rings. The Balaban J connectivity index is 1.99. The number of sulfone groups is 1. The van der Waals surface area contributed by atoms with Crippen LogP contribution in [0.15, 0.2) is 58.0 Å². The van der Waals surface area contributed by atoms with Gasteiger partial charge in [-0.2, -0.15) is 0 Å². The van der Waals surface area contributed by atoms with Crippen LogP contribution in [0.25, 0.3) is 0 Å². The third-order valence-corrected chi connectivity index (χ3v) is 6.02. The van der Waals surface area contributed by atoms with E-state index in [0.29, 0.717) is 22.0 Å². The van der Waals surface area contributed by atoms with Gasteiger partial charge < -0.3 is 4.74 Å². The van der Waals surface area contributed by atoms with E-state index in [1.807, 2.05) is 6.07 Å². The molecule has 1 aliphatic heterocycles. The van der Waals surface area contributed by atoms with Crippen LogP contribution >= 0.6 is 0 Å². The van der Waals surface area contributed by atoms with Gasteiger partial charge in [0.25, 0.3) is 0 Å². The van der Waals surface area contributed by atoms with Crippen molar-refractivity contribution in [3.8, 4) is 0 Å². The largest absolute Gasteiger partial charge is 0.490 e. The van der Waals surface area contributed by atoms with Crippen molar-refractivity contribution in [1.82, 2.24) is 0 Å². The molecule has 0 N–H and O–H groups in total. The van der Waals surface area contributed by atoms with Crippen LogP contribution in [0.4, 0.5) is 0 Å². The lowest BCUT2D eigenvalue weighted by molar-refractivity contribution is 0.0756. The molecule has 0 amide bonds. The van der Waals surface area contributed by atoms with Gasteiger partial charge in [-0.05, 0) is 44.4 Å². The number of benzene rings is 1. The fraction of sp³-hybridized carbons (Fsp3) is 0.375. The van der Waals surface area contributed by atoms with Gasteiger partial charge >= 0.3 is 0 Å². The minimum Gasteiger partial charge on any atom is -0.490 e. The van der Waals surface area contributed by atoms with E-state index >= 15 is 0 Å². The van der Waals surface area contributed by atoms with E-state index < -0.39 is 9.84 Å². The molecular formula is C16H18O3S. The molecule has 0 bridgehead atoms. The second-order valence-electron chi connectivity index (χ2n) is 5.35. The Labute approximate surface area is 119 Å². The Hall–Kier alpha value is -1.55. The van der Waals surface area contributed by atoms with Crippen LogP contribution in [0.2, 0.25) is 0 Å². The highest BCUT2D eigenvalue weighted by molar-refractivity contribution is 7.95. The van der Waals surface area contributed by atoms with Crippen molar-refractivity contribution in [3.63, 3.8) is 0 Å².